The highest BCUT2D eigenvalue weighted by Crippen LogP contribution is 2.39. The molecule has 0 N–H and O–H groups in total. The molecule has 0 spiro atoms. The van der Waals surface area contributed by atoms with Crippen LogP contribution < -0.4 is 4.74 Å². The fourth-order valence-corrected chi connectivity index (χ4v) is 4.82. The average molecular weight is 469 g/mol. The van der Waals surface area contributed by atoms with Gasteiger partial charge in [0.15, 0.2) is 11.6 Å². The Hall–Kier alpha value is -2.79. The summed E-state index contributed by atoms with van der Waals surface area (Å²) in [7, 11) is 0. The summed E-state index contributed by atoms with van der Waals surface area (Å²) in [6, 6.07) is 10.2. The smallest absolute Gasteiger partial charge is 0.166 e. The quantitative estimate of drug-likeness (QED) is 0.365. The lowest BCUT2D eigenvalue weighted by atomic mass is 9.78. The molecule has 34 heavy (non-hydrogen) atoms. The predicted octanol–water partition coefficient (Wildman–Crippen LogP) is 8.06. The van der Waals surface area contributed by atoms with E-state index >= 15 is 0 Å². The zero-order valence-electron chi connectivity index (χ0n) is 19.5. The fourth-order valence-electron chi connectivity index (χ4n) is 4.82. The van der Waals surface area contributed by atoms with Crippen LogP contribution >= 0.6 is 0 Å². The summed E-state index contributed by atoms with van der Waals surface area (Å²) in [5.74, 6) is -0.764. The van der Waals surface area contributed by atoms with Crippen molar-refractivity contribution in [2.75, 3.05) is 13.2 Å². The van der Waals surface area contributed by atoms with Gasteiger partial charge in [-0.05, 0) is 85.8 Å². The lowest BCUT2D eigenvalue weighted by molar-refractivity contribution is 0.0729. The SMILES string of the molecule is C=CC1CCC(c2ccc(-c3ccc(OCC4=CCC(OCC)C(F)=C4)cc3)c(F)c2F)CC1. The van der Waals surface area contributed by atoms with Crippen LogP contribution in [0.2, 0.25) is 0 Å². The van der Waals surface area contributed by atoms with Gasteiger partial charge in [-0.2, -0.15) is 0 Å². The summed E-state index contributed by atoms with van der Waals surface area (Å²) >= 11 is 0. The van der Waals surface area contributed by atoms with Gasteiger partial charge in [-0.25, -0.2) is 13.2 Å². The van der Waals surface area contributed by atoms with E-state index in [0.29, 0.717) is 35.8 Å². The molecule has 2 nitrogen and oxygen atoms in total. The molecule has 0 bridgehead atoms. The van der Waals surface area contributed by atoms with Crippen LogP contribution in [-0.4, -0.2) is 19.3 Å². The van der Waals surface area contributed by atoms with Gasteiger partial charge in [-0.3, -0.25) is 0 Å². The minimum absolute atomic E-state index is 0.0484. The molecule has 2 aromatic rings. The Kier molecular flexibility index (Phi) is 7.94. The van der Waals surface area contributed by atoms with Gasteiger partial charge in [0.25, 0.3) is 0 Å². The molecule has 1 unspecified atom stereocenters. The normalized spacial score (nSPS) is 22.6. The van der Waals surface area contributed by atoms with Gasteiger partial charge >= 0.3 is 0 Å². The summed E-state index contributed by atoms with van der Waals surface area (Å²) in [4.78, 5) is 0. The third-order valence-corrected chi connectivity index (χ3v) is 6.82. The van der Waals surface area contributed by atoms with Crippen LogP contribution in [0.25, 0.3) is 11.1 Å². The second-order valence-electron chi connectivity index (χ2n) is 8.98. The first kappa shape index (κ1) is 24.3. The molecule has 4 rings (SSSR count). The molecule has 1 fully saturated rings. The van der Waals surface area contributed by atoms with Gasteiger partial charge in [0.1, 0.15) is 24.3 Å². The third kappa shape index (κ3) is 5.47. The van der Waals surface area contributed by atoms with Crippen molar-refractivity contribution in [3.05, 3.63) is 89.8 Å². The van der Waals surface area contributed by atoms with E-state index in [1.807, 2.05) is 19.1 Å². The van der Waals surface area contributed by atoms with Crippen molar-refractivity contribution >= 4 is 0 Å². The van der Waals surface area contributed by atoms with Gasteiger partial charge < -0.3 is 9.47 Å². The first-order chi connectivity index (χ1) is 16.5. The Morgan fingerprint density at radius 2 is 1.71 bits per heavy atom. The molecule has 0 saturated heterocycles. The molecule has 1 saturated carbocycles. The Bertz CT molecular complexity index is 1060. The van der Waals surface area contributed by atoms with Crippen LogP contribution in [0.4, 0.5) is 13.2 Å². The summed E-state index contributed by atoms with van der Waals surface area (Å²) < 4.78 is 55.1. The monoisotopic (exact) mass is 468 g/mol. The summed E-state index contributed by atoms with van der Waals surface area (Å²) in [6.45, 7) is 6.36. The standard InChI is InChI=1S/C29H31F3O2/c1-3-19-5-8-21(9-6-19)24-14-15-25(29(32)28(24)31)22-10-12-23(13-11-22)34-18-20-7-16-27(33-4-2)26(30)17-20/h3,7,10-15,17,19,21,27H,1,4-6,8-9,16,18H2,2H3. The number of hydrogen-bond donors (Lipinski definition) is 0. The highest BCUT2D eigenvalue weighted by Gasteiger charge is 2.25. The van der Waals surface area contributed by atoms with E-state index < -0.39 is 17.7 Å². The van der Waals surface area contributed by atoms with Crippen LogP contribution in [0.15, 0.2) is 72.6 Å². The molecule has 0 radical (unpaired) electrons. The van der Waals surface area contributed by atoms with Crippen molar-refractivity contribution < 1.29 is 22.6 Å². The highest BCUT2D eigenvalue weighted by molar-refractivity contribution is 5.65. The largest absolute Gasteiger partial charge is 0.489 e. The Labute approximate surface area is 199 Å². The van der Waals surface area contributed by atoms with E-state index in [9.17, 15) is 13.2 Å². The molecule has 2 aliphatic rings. The number of rotatable bonds is 8. The molecule has 0 aliphatic heterocycles. The molecule has 5 heteroatoms. The van der Waals surface area contributed by atoms with E-state index in [1.165, 1.54) is 6.08 Å². The first-order valence-electron chi connectivity index (χ1n) is 12.0. The minimum Gasteiger partial charge on any atom is -0.489 e. The maximum Gasteiger partial charge on any atom is 0.166 e. The lowest BCUT2D eigenvalue weighted by Gasteiger charge is -2.27. The van der Waals surface area contributed by atoms with E-state index in [-0.39, 0.29) is 23.9 Å². The number of ether oxygens (including phenoxy) is 2. The van der Waals surface area contributed by atoms with Gasteiger partial charge in [0.2, 0.25) is 0 Å². The predicted molar refractivity (Wildman–Crippen MR) is 129 cm³/mol. The summed E-state index contributed by atoms with van der Waals surface area (Å²) in [5, 5.41) is 0. The van der Waals surface area contributed by atoms with E-state index in [1.54, 1.807) is 36.4 Å². The minimum atomic E-state index is -0.811. The van der Waals surface area contributed by atoms with E-state index in [0.717, 1.165) is 31.3 Å². The highest BCUT2D eigenvalue weighted by atomic mass is 19.2. The molecule has 0 heterocycles. The molecule has 0 aromatic heterocycles. The third-order valence-electron chi connectivity index (χ3n) is 6.82. The average Bonchev–Trinajstić information content (AvgIpc) is 2.86. The van der Waals surface area contributed by atoms with Crippen LogP contribution in [0.5, 0.6) is 5.75 Å². The lowest BCUT2D eigenvalue weighted by Crippen LogP contribution is -2.17. The molecule has 2 aliphatic carbocycles. The van der Waals surface area contributed by atoms with Crippen molar-refractivity contribution in [3.8, 4) is 16.9 Å². The van der Waals surface area contributed by atoms with Crippen LogP contribution in [0.1, 0.15) is 50.5 Å². The molecule has 1 atom stereocenters. The topological polar surface area (TPSA) is 18.5 Å². The number of hydrogen-bond acceptors (Lipinski definition) is 2. The van der Waals surface area contributed by atoms with Crippen molar-refractivity contribution in [2.45, 2.75) is 51.0 Å². The maximum absolute atomic E-state index is 15.0. The Balaban J connectivity index is 1.40. The number of allylic oxidation sites excluding steroid dienone is 1. The second kappa shape index (κ2) is 11.1. The van der Waals surface area contributed by atoms with Crippen LogP contribution in [0, 0.1) is 17.6 Å². The van der Waals surface area contributed by atoms with E-state index in [4.69, 9.17) is 9.47 Å². The number of benzene rings is 2. The van der Waals surface area contributed by atoms with Crippen LogP contribution in [-0.2, 0) is 4.74 Å². The fraction of sp³-hybridized carbons (Fsp3) is 0.379. The molecule has 2 aromatic carbocycles. The van der Waals surface area contributed by atoms with Crippen molar-refractivity contribution in [1.29, 1.82) is 0 Å². The van der Waals surface area contributed by atoms with Gasteiger partial charge in [0, 0.05) is 12.2 Å². The summed E-state index contributed by atoms with van der Waals surface area (Å²) in [5.41, 5.74) is 2.02. The first-order valence-corrected chi connectivity index (χ1v) is 12.0. The Morgan fingerprint density at radius 3 is 2.35 bits per heavy atom. The van der Waals surface area contributed by atoms with Gasteiger partial charge in [-0.1, -0.05) is 36.4 Å². The Morgan fingerprint density at radius 1 is 0.971 bits per heavy atom. The maximum atomic E-state index is 15.0. The van der Waals surface area contributed by atoms with Gasteiger partial charge in [-0.15, -0.1) is 6.58 Å². The van der Waals surface area contributed by atoms with E-state index in [2.05, 4.69) is 6.58 Å². The second-order valence-corrected chi connectivity index (χ2v) is 8.98. The van der Waals surface area contributed by atoms with Crippen LogP contribution in [0.3, 0.4) is 0 Å². The van der Waals surface area contributed by atoms with Crippen molar-refractivity contribution in [3.63, 3.8) is 0 Å². The van der Waals surface area contributed by atoms with Crippen molar-refractivity contribution in [1.82, 2.24) is 0 Å². The molecular weight excluding hydrogens is 437 g/mol. The van der Waals surface area contributed by atoms with Crippen molar-refractivity contribution in [2.24, 2.45) is 5.92 Å². The molecular formula is C29H31F3O2. The molecule has 0 amide bonds. The number of halogens is 3. The zero-order valence-corrected chi connectivity index (χ0v) is 19.5. The summed E-state index contributed by atoms with van der Waals surface area (Å²) in [6.07, 6.45) is 8.89. The van der Waals surface area contributed by atoms with Gasteiger partial charge in [0.05, 0.1) is 0 Å². The molecule has 180 valence electrons. The zero-order chi connectivity index (χ0) is 24.1.